The van der Waals surface area contributed by atoms with Crippen molar-refractivity contribution in [1.82, 2.24) is 13.4 Å². The van der Waals surface area contributed by atoms with Gasteiger partial charge >= 0.3 is 11.7 Å². The highest BCUT2D eigenvalue weighted by molar-refractivity contribution is 7.89. The van der Waals surface area contributed by atoms with Gasteiger partial charge in [0.2, 0.25) is 10.0 Å². The number of carboxylic acids is 1. The third-order valence-electron chi connectivity index (χ3n) is 5.61. The van der Waals surface area contributed by atoms with Gasteiger partial charge in [-0.3, -0.25) is 13.9 Å². The van der Waals surface area contributed by atoms with Crippen LogP contribution >= 0.6 is 0 Å². The summed E-state index contributed by atoms with van der Waals surface area (Å²) in [5, 5.41) is 9.34. The lowest BCUT2D eigenvalue weighted by Gasteiger charge is -2.22. The van der Waals surface area contributed by atoms with Crippen molar-refractivity contribution in [3.05, 3.63) is 28.7 Å². The minimum absolute atomic E-state index is 0.101. The molecule has 2 bridgehead atoms. The number of hydrogen-bond donors (Lipinski definition) is 1. The average Bonchev–Trinajstić information content (AvgIpc) is 3.23. The number of aryl methyl sites for hydroxylation is 2. The molecule has 0 unspecified atom stereocenters. The Hall–Kier alpha value is -2.13. The molecule has 0 amide bonds. The normalized spacial score (nSPS) is 26.6. The quantitative estimate of drug-likeness (QED) is 0.854. The van der Waals surface area contributed by atoms with Gasteiger partial charge in [0.1, 0.15) is 0 Å². The number of carboxylic acid groups (broad SMARTS) is 1. The molecule has 25 heavy (non-hydrogen) atoms. The molecule has 0 spiro atoms. The summed E-state index contributed by atoms with van der Waals surface area (Å²) in [7, 11) is -0.573. The summed E-state index contributed by atoms with van der Waals surface area (Å²) in [5.41, 5.74) is 0.964. The molecule has 0 aliphatic carbocycles. The average molecular weight is 365 g/mol. The summed E-state index contributed by atoms with van der Waals surface area (Å²) >= 11 is 0. The van der Waals surface area contributed by atoms with E-state index in [-0.39, 0.29) is 16.6 Å². The molecule has 2 saturated heterocycles. The van der Waals surface area contributed by atoms with Gasteiger partial charge in [-0.25, -0.2) is 13.2 Å². The van der Waals surface area contributed by atoms with Gasteiger partial charge in [-0.05, 0) is 37.5 Å². The van der Waals surface area contributed by atoms with Crippen molar-refractivity contribution in [1.29, 1.82) is 0 Å². The van der Waals surface area contributed by atoms with Gasteiger partial charge in [0.05, 0.1) is 21.8 Å². The number of aliphatic carboxylic acids is 1. The Morgan fingerprint density at radius 2 is 1.84 bits per heavy atom. The number of fused-ring (bicyclic) bond motifs is 3. The second kappa shape index (κ2) is 5.18. The molecule has 134 valence electrons. The van der Waals surface area contributed by atoms with Gasteiger partial charge in [-0.15, -0.1) is 0 Å². The lowest BCUT2D eigenvalue weighted by atomic mass is 9.89. The van der Waals surface area contributed by atoms with E-state index in [4.69, 9.17) is 0 Å². The highest BCUT2D eigenvalue weighted by Gasteiger charge is 2.54. The molecule has 0 saturated carbocycles. The predicted molar refractivity (Wildman–Crippen MR) is 89.7 cm³/mol. The molecule has 3 heterocycles. The molecule has 8 nitrogen and oxygen atoms in total. The van der Waals surface area contributed by atoms with E-state index in [0.29, 0.717) is 30.3 Å². The second-order valence-electron chi connectivity index (χ2n) is 6.87. The maximum absolute atomic E-state index is 13.1. The molecule has 3 atom stereocenters. The van der Waals surface area contributed by atoms with Crippen LogP contribution in [0.5, 0.6) is 0 Å². The van der Waals surface area contributed by atoms with Crippen molar-refractivity contribution in [3.8, 4) is 0 Å². The summed E-state index contributed by atoms with van der Waals surface area (Å²) in [6.07, 6.45) is 1.64. The molecular weight excluding hydrogens is 346 g/mol. The first kappa shape index (κ1) is 16.3. The number of nitrogens with zero attached hydrogens (tertiary/aromatic N) is 3. The van der Waals surface area contributed by atoms with Gasteiger partial charge in [-0.1, -0.05) is 0 Å². The van der Waals surface area contributed by atoms with Crippen LogP contribution in [0.2, 0.25) is 0 Å². The van der Waals surface area contributed by atoms with E-state index in [0.717, 1.165) is 0 Å². The Morgan fingerprint density at radius 3 is 2.48 bits per heavy atom. The van der Waals surface area contributed by atoms with Gasteiger partial charge in [0, 0.05) is 26.2 Å². The van der Waals surface area contributed by atoms with Crippen LogP contribution in [-0.2, 0) is 28.9 Å². The first-order valence-corrected chi connectivity index (χ1v) is 9.59. The highest BCUT2D eigenvalue weighted by Crippen LogP contribution is 2.45. The summed E-state index contributed by atoms with van der Waals surface area (Å²) in [6.45, 7) is 0. The van der Waals surface area contributed by atoms with Crippen LogP contribution in [-0.4, -0.2) is 45.0 Å². The molecule has 2 aromatic rings. The molecule has 1 N–H and O–H groups in total. The van der Waals surface area contributed by atoms with E-state index < -0.39 is 28.0 Å². The third kappa shape index (κ3) is 2.12. The number of benzene rings is 1. The maximum Gasteiger partial charge on any atom is 0.328 e. The standard InChI is InChI=1S/C16H19N3O5S/c1-17-13-6-4-10(8-14(13)18(2)16(17)22)25(23,24)19-9-3-5-12(19)11(7-9)15(20)21/h4,6,8-9,11-12H,3,5,7H2,1-2H3,(H,20,21)/t9-,11+,12-/m0/s1. The largest absolute Gasteiger partial charge is 0.481 e. The minimum atomic E-state index is -3.81. The van der Waals surface area contributed by atoms with Crippen LogP contribution in [0.25, 0.3) is 11.0 Å². The molecule has 0 radical (unpaired) electrons. The zero-order chi connectivity index (χ0) is 18.1. The Labute approximate surface area is 144 Å². The van der Waals surface area contributed by atoms with Crippen LogP contribution < -0.4 is 5.69 Å². The van der Waals surface area contributed by atoms with Gasteiger partial charge < -0.3 is 5.11 Å². The highest BCUT2D eigenvalue weighted by atomic mass is 32.2. The van der Waals surface area contributed by atoms with Gasteiger partial charge in [0.25, 0.3) is 0 Å². The topological polar surface area (TPSA) is 102 Å². The third-order valence-corrected chi connectivity index (χ3v) is 7.58. The first-order valence-electron chi connectivity index (χ1n) is 8.15. The fraction of sp³-hybridized carbons (Fsp3) is 0.500. The zero-order valence-electron chi connectivity index (χ0n) is 13.9. The van der Waals surface area contributed by atoms with Crippen LogP contribution in [0.3, 0.4) is 0 Å². The number of sulfonamides is 1. The summed E-state index contributed by atoms with van der Waals surface area (Å²) < 4.78 is 30.6. The van der Waals surface area contributed by atoms with Crippen LogP contribution in [0.4, 0.5) is 0 Å². The Bertz CT molecular complexity index is 1050. The molecule has 1 aromatic heterocycles. The summed E-state index contributed by atoms with van der Waals surface area (Å²) in [5.74, 6) is -1.58. The van der Waals surface area contributed by atoms with Gasteiger partial charge in [0.15, 0.2) is 0 Å². The number of aromatic nitrogens is 2. The Kier molecular flexibility index (Phi) is 3.39. The molecular formula is C16H19N3O5S. The van der Waals surface area contributed by atoms with E-state index in [1.54, 1.807) is 20.2 Å². The van der Waals surface area contributed by atoms with Crippen LogP contribution in [0.1, 0.15) is 19.3 Å². The number of hydrogen-bond acceptors (Lipinski definition) is 4. The number of rotatable bonds is 3. The smallest absolute Gasteiger partial charge is 0.328 e. The van der Waals surface area contributed by atoms with E-state index in [1.165, 1.54) is 25.6 Å². The fourth-order valence-electron chi connectivity index (χ4n) is 4.35. The lowest BCUT2D eigenvalue weighted by Crippen LogP contribution is -2.37. The molecule has 9 heteroatoms. The van der Waals surface area contributed by atoms with Crippen LogP contribution in [0, 0.1) is 5.92 Å². The number of carbonyl (C=O) groups is 1. The maximum atomic E-state index is 13.1. The predicted octanol–water partition coefficient (Wildman–Crippen LogP) is 0.503. The summed E-state index contributed by atoms with van der Waals surface area (Å²) in [6, 6.07) is 3.87. The monoisotopic (exact) mass is 365 g/mol. The molecule has 2 aliphatic rings. The van der Waals surface area contributed by atoms with Crippen LogP contribution in [0.15, 0.2) is 27.9 Å². The molecule has 2 fully saturated rings. The zero-order valence-corrected chi connectivity index (χ0v) is 14.7. The van der Waals surface area contributed by atoms with E-state index >= 15 is 0 Å². The Balaban J connectivity index is 1.82. The van der Waals surface area contributed by atoms with Crippen molar-refractivity contribution < 1.29 is 18.3 Å². The van der Waals surface area contributed by atoms with Crippen molar-refractivity contribution in [2.75, 3.05) is 0 Å². The van der Waals surface area contributed by atoms with Crippen molar-refractivity contribution >= 4 is 27.0 Å². The number of imidazole rings is 1. The SMILES string of the molecule is Cn1c(=O)n(C)c2cc(S(=O)(=O)N3[C@H]4CC[C@H]3[C@H](C(=O)O)C4)ccc21. The molecule has 4 rings (SSSR count). The Morgan fingerprint density at radius 1 is 1.16 bits per heavy atom. The minimum Gasteiger partial charge on any atom is -0.481 e. The van der Waals surface area contributed by atoms with Crippen molar-refractivity contribution in [2.24, 2.45) is 20.0 Å². The van der Waals surface area contributed by atoms with Gasteiger partial charge in [-0.2, -0.15) is 4.31 Å². The summed E-state index contributed by atoms with van der Waals surface area (Å²) in [4.78, 5) is 23.5. The molecule has 1 aromatic carbocycles. The van der Waals surface area contributed by atoms with E-state index in [2.05, 4.69) is 0 Å². The molecule has 2 aliphatic heterocycles. The lowest BCUT2D eigenvalue weighted by molar-refractivity contribution is -0.142. The van der Waals surface area contributed by atoms with Crippen molar-refractivity contribution in [2.45, 2.75) is 36.2 Å². The second-order valence-corrected chi connectivity index (χ2v) is 8.71. The van der Waals surface area contributed by atoms with Crippen molar-refractivity contribution in [3.63, 3.8) is 0 Å². The first-order chi connectivity index (χ1) is 11.7. The van der Waals surface area contributed by atoms with E-state index in [1.807, 2.05) is 0 Å². The van der Waals surface area contributed by atoms with E-state index in [9.17, 15) is 23.1 Å². The fourth-order valence-corrected chi connectivity index (χ4v) is 6.28.